The second-order valence-corrected chi connectivity index (χ2v) is 5.58. The van der Waals surface area contributed by atoms with Gasteiger partial charge in [0, 0.05) is 30.4 Å². The molecule has 1 N–H and O–H groups in total. The van der Waals surface area contributed by atoms with Crippen LogP contribution in [0.15, 0.2) is 42.7 Å². The van der Waals surface area contributed by atoms with Crippen LogP contribution in [0, 0.1) is 11.3 Å². The van der Waals surface area contributed by atoms with Crippen LogP contribution in [0.4, 0.5) is 5.69 Å². The average molecular weight is 306 g/mol. The predicted octanol–water partition coefficient (Wildman–Crippen LogP) is 2.24. The topological polar surface area (TPSA) is 69.2 Å². The zero-order chi connectivity index (χ0) is 16.2. The van der Waals surface area contributed by atoms with Crippen LogP contribution in [0.2, 0.25) is 0 Å². The van der Waals surface area contributed by atoms with E-state index in [1.54, 1.807) is 10.8 Å². The summed E-state index contributed by atoms with van der Waals surface area (Å²) in [5, 5.41) is 16.6. The summed E-state index contributed by atoms with van der Waals surface area (Å²) in [5.41, 5.74) is 4.38. The fourth-order valence-electron chi connectivity index (χ4n) is 2.37. The van der Waals surface area contributed by atoms with Crippen molar-refractivity contribution in [2.45, 2.75) is 0 Å². The first-order chi connectivity index (χ1) is 11.2. The first kappa shape index (κ1) is 15.0. The van der Waals surface area contributed by atoms with Gasteiger partial charge in [0.05, 0.1) is 17.3 Å². The van der Waals surface area contributed by atoms with Crippen LogP contribution in [0.1, 0.15) is 5.56 Å². The number of hydrogen-bond acceptors (Lipinski definition) is 5. The lowest BCUT2D eigenvalue weighted by atomic mass is 10.1. The van der Waals surface area contributed by atoms with Gasteiger partial charge in [0.1, 0.15) is 6.33 Å². The van der Waals surface area contributed by atoms with Gasteiger partial charge in [-0.1, -0.05) is 12.1 Å². The van der Waals surface area contributed by atoms with E-state index in [0.717, 1.165) is 35.7 Å². The minimum atomic E-state index is 0.642. The Morgan fingerprint density at radius 2 is 2.00 bits per heavy atom. The number of nitriles is 1. The van der Waals surface area contributed by atoms with E-state index in [2.05, 4.69) is 32.4 Å². The molecule has 0 unspecified atom stereocenters. The van der Waals surface area contributed by atoms with Gasteiger partial charge in [0.15, 0.2) is 5.65 Å². The maximum atomic E-state index is 8.93. The Labute approximate surface area is 135 Å². The molecule has 2 heterocycles. The lowest BCUT2D eigenvalue weighted by Gasteiger charge is -2.13. The summed E-state index contributed by atoms with van der Waals surface area (Å²) in [6.45, 7) is 1.80. The SMILES string of the molecule is CN(C)CCNc1cc(-c2ccc(C#N)cc2)n2ncnc2c1. The number of nitrogens with one attached hydrogen (secondary N) is 1. The molecule has 3 rings (SSSR count). The van der Waals surface area contributed by atoms with Crippen LogP contribution < -0.4 is 5.32 Å². The van der Waals surface area contributed by atoms with E-state index in [1.165, 1.54) is 0 Å². The van der Waals surface area contributed by atoms with Crippen LogP contribution in [0.5, 0.6) is 0 Å². The molecule has 0 bridgehead atoms. The molecular formula is C17H18N6. The van der Waals surface area contributed by atoms with Crippen LogP contribution in [0.25, 0.3) is 16.9 Å². The third kappa shape index (κ3) is 3.30. The van der Waals surface area contributed by atoms with Crippen molar-refractivity contribution in [1.82, 2.24) is 19.5 Å². The van der Waals surface area contributed by atoms with Gasteiger partial charge in [-0.3, -0.25) is 0 Å². The highest BCUT2D eigenvalue weighted by molar-refractivity contribution is 5.70. The smallest absolute Gasteiger partial charge is 0.158 e. The largest absolute Gasteiger partial charge is 0.384 e. The van der Waals surface area contributed by atoms with Crippen molar-refractivity contribution in [1.29, 1.82) is 5.26 Å². The van der Waals surface area contributed by atoms with Gasteiger partial charge < -0.3 is 10.2 Å². The Morgan fingerprint density at radius 3 is 2.70 bits per heavy atom. The summed E-state index contributed by atoms with van der Waals surface area (Å²) in [7, 11) is 4.09. The second-order valence-electron chi connectivity index (χ2n) is 5.58. The van der Waals surface area contributed by atoms with Gasteiger partial charge >= 0.3 is 0 Å². The van der Waals surface area contributed by atoms with E-state index in [1.807, 2.05) is 44.4 Å². The zero-order valence-electron chi connectivity index (χ0n) is 13.2. The van der Waals surface area contributed by atoms with E-state index in [0.29, 0.717) is 5.56 Å². The van der Waals surface area contributed by atoms with Gasteiger partial charge in [0.25, 0.3) is 0 Å². The van der Waals surface area contributed by atoms with Gasteiger partial charge in [-0.15, -0.1) is 0 Å². The number of fused-ring (bicyclic) bond motifs is 1. The number of benzene rings is 1. The normalized spacial score (nSPS) is 10.9. The van der Waals surface area contributed by atoms with Crippen molar-refractivity contribution in [2.24, 2.45) is 0 Å². The van der Waals surface area contributed by atoms with Gasteiger partial charge in [-0.2, -0.15) is 10.4 Å². The molecule has 116 valence electrons. The minimum Gasteiger partial charge on any atom is -0.384 e. The second kappa shape index (κ2) is 6.46. The van der Waals surface area contributed by atoms with Crippen LogP contribution >= 0.6 is 0 Å². The van der Waals surface area contributed by atoms with Crippen LogP contribution in [-0.2, 0) is 0 Å². The lowest BCUT2D eigenvalue weighted by molar-refractivity contribution is 0.425. The van der Waals surface area contributed by atoms with Crippen LogP contribution in [0.3, 0.4) is 0 Å². The molecule has 0 aliphatic heterocycles. The molecule has 0 amide bonds. The minimum absolute atomic E-state index is 0.642. The number of nitrogens with zero attached hydrogens (tertiary/aromatic N) is 5. The van der Waals surface area contributed by atoms with Crippen molar-refractivity contribution in [3.8, 4) is 17.3 Å². The standard InChI is InChI=1S/C17H18N6/c1-22(2)8-7-19-15-9-16(23-17(10-15)20-12-21-23)14-5-3-13(11-18)4-6-14/h3-6,9-10,12,19H,7-8H2,1-2H3. The van der Waals surface area contributed by atoms with E-state index in [4.69, 9.17) is 5.26 Å². The highest BCUT2D eigenvalue weighted by atomic mass is 15.3. The molecule has 0 aliphatic rings. The molecular weight excluding hydrogens is 288 g/mol. The molecule has 2 aromatic heterocycles. The average Bonchev–Trinajstić information content (AvgIpc) is 3.02. The fraction of sp³-hybridized carbons (Fsp3) is 0.235. The third-order valence-corrected chi connectivity index (χ3v) is 3.58. The molecule has 0 fully saturated rings. The first-order valence-electron chi connectivity index (χ1n) is 7.40. The molecule has 3 aromatic rings. The summed E-state index contributed by atoms with van der Waals surface area (Å²) in [5.74, 6) is 0. The van der Waals surface area contributed by atoms with Crippen molar-refractivity contribution < 1.29 is 0 Å². The highest BCUT2D eigenvalue weighted by Crippen LogP contribution is 2.24. The molecule has 0 saturated carbocycles. The number of pyridine rings is 1. The number of aromatic nitrogens is 3. The monoisotopic (exact) mass is 306 g/mol. The van der Waals surface area contributed by atoms with E-state index in [9.17, 15) is 0 Å². The summed E-state index contributed by atoms with van der Waals surface area (Å²) in [4.78, 5) is 6.42. The first-order valence-corrected chi connectivity index (χ1v) is 7.40. The summed E-state index contributed by atoms with van der Waals surface area (Å²) in [6, 6.07) is 13.7. The lowest BCUT2D eigenvalue weighted by Crippen LogP contribution is -2.20. The Bertz CT molecular complexity index is 842. The van der Waals surface area contributed by atoms with E-state index >= 15 is 0 Å². The molecule has 6 nitrogen and oxygen atoms in total. The molecule has 0 saturated heterocycles. The molecule has 1 aromatic carbocycles. The third-order valence-electron chi connectivity index (χ3n) is 3.58. The number of hydrogen-bond donors (Lipinski definition) is 1. The fourth-order valence-corrected chi connectivity index (χ4v) is 2.37. The van der Waals surface area contributed by atoms with Crippen molar-refractivity contribution in [3.63, 3.8) is 0 Å². The number of anilines is 1. The molecule has 0 aliphatic carbocycles. The molecule has 6 heteroatoms. The van der Waals surface area contributed by atoms with E-state index < -0.39 is 0 Å². The number of likely N-dealkylation sites (N-methyl/N-ethyl adjacent to an activating group) is 1. The van der Waals surface area contributed by atoms with E-state index in [-0.39, 0.29) is 0 Å². The zero-order valence-corrected chi connectivity index (χ0v) is 13.2. The van der Waals surface area contributed by atoms with Gasteiger partial charge in [0.2, 0.25) is 0 Å². The Kier molecular flexibility index (Phi) is 4.22. The molecule has 23 heavy (non-hydrogen) atoms. The Balaban J connectivity index is 1.97. The maximum absolute atomic E-state index is 8.93. The number of rotatable bonds is 5. The summed E-state index contributed by atoms with van der Waals surface area (Å²) >= 11 is 0. The molecule has 0 radical (unpaired) electrons. The Morgan fingerprint density at radius 1 is 1.22 bits per heavy atom. The quantitative estimate of drug-likeness (QED) is 0.783. The molecule has 0 atom stereocenters. The van der Waals surface area contributed by atoms with Crippen molar-refractivity contribution >= 4 is 11.3 Å². The van der Waals surface area contributed by atoms with Gasteiger partial charge in [-0.25, -0.2) is 9.50 Å². The Hall–Kier alpha value is -2.91. The van der Waals surface area contributed by atoms with Crippen molar-refractivity contribution in [2.75, 3.05) is 32.5 Å². The summed E-state index contributed by atoms with van der Waals surface area (Å²) < 4.78 is 1.80. The molecule has 0 spiro atoms. The van der Waals surface area contributed by atoms with Crippen LogP contribution in [-0.4, -0.2) is 46.7 Å². The predicted molar refractivity (Wildman–Crippen MR) is 90.2 cm³/mol. The highest BCUT2D eigenvalue weighted by Gasteiger charge is 2.08. The van der Waals surface area contributed by atoms with Crippen molar-refractivity contribution in [3.05, 3.63) is 48.3 Å². The van der Waals surface area contributed by atoms with Gasteiger partial charge in [-0.05, 0) is 32.3 Å². The maximum Gasteiger partial charge on any atom is 0.158 e. The summed E-state index contributed by atoms with van der Waals surface area (Å²) in [6.07, 6.45) is 1.55.